The number of hydrogen-bond acceptors (Lipinski definition) is 4. The van der Waals surface area contributed by atoms with Crippen LogP contribution in [0.2, 0.25) is 0 Å². The van der Waals surface area contributed by atoms with Crippen LogP contribution in [-0.2, 0) is 20.8 Å². The number of halogens is 3. The van der Waals surface area contributed by atoms with E-state index >= 15 is 0 Å². The van der Waals surface area contributed by atoms with Crippen LogP contribution in [0.3, 0.4) is 0 Å². The second-order valence-corrected chi connectivity index (χ2v) is 10.7. The van der Waals surface area contributed by atoms with Gasteiger partial charge in [-0.25, -0.2) is 8.42 Å². The van der Waals surface area contributed by atoms with Crippen molar-refractivity contribution in [2.24, 2.45) is 11.8 Å². The van der Waals surface area contributed by atoms with Crippen LogP contribution >= 0.6 is 0 Å². The summed E-state index contributed by atoms with van der Waals surface area (Å²) in [5, 5.41) is 2.82. The lowest BCUT2D eigenvalue weighted by Crippen LogP contribution is -2.42. The minimum absolute atomic E-state index is 0.0142. The topological polar surface area (TPSA) is 66.5 Å². The van der Waals surface area contributed by atoms with Gasteiger partial charge in [-0.05, 0) is 56.0 Å². The average Bonchev–Trinajstić information content (AvgIpc) is 2.63. The van der Waals surface area contributed by atoms with Gasteiger partial charge >= 0.3 is 6.18 Å². The molecule has 0 bridgehead atoms. The van der Waals surface area contributed by atoms with Gasteiger partial charge in [0.15, 0.2) is 9.84 Å². The molecular weight excluding hydrogens is 417 g/mol. The van der Waals surface area contributed by atoms with Gasteiger partial charge < -0.3 is 5.32 Å². The molecule has 1 aliphatic rings. The van der Waals surface area contributed by atoms with Crippen LogP contribution in [0.15, 0.2) is 24.3 Å². The van der Waals surface area contributed by atoms with Crippen molar-refractivity contribution in [1.82, 2.24) is 10.2 Å². The second-order valence-electron chi connectivity index (χ2n) is 8.51. The number of nitrogens with one attached hydrogen (secondary N) is 1. The monoisotopic (exact) mass is 448 g/mol. The summed E-state index contributed by atoms with van der Waals surface area (Å²) in [6.45, 7) is 4.82. The van der Waals surface area contributed by atoms with Gasteiger partial charge in [-0.3, -0.25) is 9.69 Å². The van der Waals surface area contributed by atoms with Gasteiger partial charge in [0.1, 0.15) is 0 Å². The normalized spacial score (nSPS) is 21.0. The van der Waals surface area contributed by atoms with Gasteiger partial charge in [-0.15, -0.1) is 0 Å². The van der Waals surface area contributed by atoms with Crippen LogP contribution in [0.5, 0.6) is 0 Å². The van der Waals surface area contributed by atoms with Gasteiger partial charge in [0.2, 0.25) is 5.91 Å². The maximum absolute atomic E-state index is 12.9. The van der Waals surface area contributed by atoms with Crippen LogP contribution in [0.25, 0.3) is 0 Å². The summed E-state index contributed by atoms with van der Waals surface area (Å²) in [5.74, 6) is -0.382. The highest BCUT2D eigenvalue weighted by atomic mass is 32.2. The number of carbonyl (C=O) groups excluding carboxylic acids is 1. The van der Waals surface area contributed by atoms with Crippen molar-refractivity contribution in [2.45, 2.75) is 45.3 Å². The fraction of sp³-hybridized carbons (Fsp3) is 0.667. The molecule has 30 heavy (non-hydrogen) atoms. The van der Waals surface area contributed by atoms with E-state index in [1.165, 1.54) is 12.1 Å². The van der Waals surface area contributed by atoms with Gasteiger partial charge in [0, 0.05) is 19.0 Å². The Bertz CT molecular complexity index is 808. The zero-order valence-electron chi connectivity index (χ0n) is 17.7. The Labute approximate surface area is 176 Å². The molecule has 1 fully saturated rings. The number of rotatable bonds is 8. The lowest BCUT2D eigenvalue weighted by atomic mass is 9.84. The minimum Gasteiger partial charge on any atom is -0.356 e. The number of hydrogen-bond donors (Lipinski definition) is 1. The van der Waals surface area contributed by atoms with Crippen molar-refractivity contribution >= 4 is 15.7 Å². The van der Waals surface area contributed by atoms with E-state index in [-0.39, 0.29) is 41.7 Å². The van der Waals surface area contributed by atoms with E-state index in [2.05, 4.69) is 10.2 Å². The minimum atomic E-state index is -4.37. The first-order valence-electron chi connectivity index (χ1n) is 10.2. The Hall–Kier alpha value is -1.61. The predicted octanol–water partition coefficient (Wildman–Crippen LogP) is 3.67. The lowest BCUT2D eigenvalue weighted by molar-refractivity contribution is -0.137. The Morgan fingerprint density at radius 2 is 1.87 bits per heavy atom. The number of benzene rings is 1. The number of amides is 1. The molecule has 1 aliphatic heterocycles. The molecule has 2 rings (SSSR count). The summed E-state index contributed by atoms with van der Waals surface area (Å²) >= 11 is 0. The van der Waals surface area contributed by atoms with E-state index in [0.29, 0.717) is 6.54 Å². The quantitative estimate of drug-likeness (QED) is 0.659. The number of carbonyl (C=O) groups is 1. The van der Waals surface area contributed by atoms with Crippen LogP contribution in [-0.4, -0.2) is 50.9 Å². The highest BCUT2D eigenvalue weighted by molar-refractivity contribution is 7.91. The average molecular weight is 449 g/mol. The fourth-order valence-corrected chi connectivity index (χ4v) is 5.72. The van der Waals surface area contributed by atoms with E-state index in [1.54, 1.807) is 0 Å². The summed E-state index contributed by atoms with van der Waals surface area (Å²) in [5.41, 5.74) is 0.0983. The van der Waals surface area contributed by atoms with Gasteiger partial charge in [0.05, 0.1) is 17.1 Å². The molecule has 9 heteroatoms. The smallest absolute Gasteiger partial charge is 0.356 e. The van der Waals surface area contributed by atoms with Crippen LogP contribution < -0.4 is 5.32 Å². The number of piperidine rings is 1. The number of alkyl halides is 3. The van der Waals surface area contributed by atoms with Gasteiger partial charge in [-0.2, -0.15) is 13.2 Å². The number of nitrogens with zero attached hydrogens (tertiary/aromatic N) is 1. The molecule has 1 saturated heterocycles. The van der Waals surface area contributed by atoms with Crippen molar-refractivity contribution in [2.75, 3.05) is 31.6 Å². The van der Waals surface area contributed by atoms with Gasteiger partial charge in [-0.1, -0.05) is 26.0 Å². The van der Waals surface area contributed by atoms with E-state index in [1.807, 2.05) is 20.9 Å². The maximum atomic E-state index is 12.9. The molecule has 5 nitrogen and oxygen atoms in total. The molecule has 2 unspecified atom stereocenters. The van der Waals surface area contributed by atoms with Crippen molar-refractivity contribution in [1.29, 1.82) is 0 Å². The molecule has 1 aromatic rings. The maximum Gasteiger partial charge on any atom is 0.416 e. The molecular formula is C21H31F3N2O3S. The SMILES string of the molecule is CC(C)CS(=O)(=O)CCC(=O)NCC1CCCN(C)C1c1ccc(C(F)(F)F)cc1. The third-order valence-corrected chi connectivity index (χ3v) is 7.38. The molecule has 0 saturated carbocycles. The predicted molar refractivity (Wildman–Crippen MR) is 111 cm³/mol. The van der Waals surface area contributed by atoms with Crippen LogP contribution in [0.4, 0.5) is 13.2 Å². The number of likely N-dealkylation sites (tertiary alicyclic amines) is 1. The summed E-state index contributed by atoms with van der Waals surface area (Å²) < 4.78 is 62.5. The largest absolute Gasteiger partial charge is 0.416 e. The zero-order chi connectivity index (χ0) is 22.5. The van der Waals surface area contributed by atoms with Crippen molar-refractivity contribution < 1.29 is 26.4 Å². The summed E-state index contributed by atoms with van der Waals surface area (Å²) in [6, 6.07) is 5.08. The van der Waals surface area contributed by atoms with Crippen molar-refractivity contribution in [3.05, 3.63) is 35.4 Å². The zero-order valence-corrected chi connectivity index (χ0v) is 18.5. The van der Waals surface area contributed by atoms with E-state index < -0.39 is 21.6 Å². The molecule has 170 valence electrons. The van der Waals surface area contributed by atoms with E-state index in [9.17, 15) is 26.4 Å². The first-order valence-corrected chi connectivity index (χ1v) is 12.1. The number of sulfone groups is 1. The highest BCUT2D eigenvalue weighted by Gasteiger charge is 2.33. The Balaban J connectivity index is 1.99. The third kappa shape index (κ3) is 7.27. The highest BCUT2D eigenvalue weighted by Crippen LogP contribution is 2.36. The molecule has 0 aromatic heterocycles. The van der Waals surface area contributed by atoms with Crippen molar-refractivity contribution in [3.8, 4) is 0 Å². The Morgan fingerprint density at radius 3 is 2.43 bits per heavy atom. The molecule has 0 spiro atoms. The molecule has 1 N–H and O–H groups in total. The molecule has 2 atom stereocenters. The van der Waals surface area contributed by atoms with Crippen molar-refractivity contribution in [3.63, 3.8) is 0 Å². The summed E-state index contributed by atoms with van der Waals surface area (Å²) in [4.78, 5) is 14.3. The standard InChI is InChI=1S/C21H31F3N2O3S/c1-15(2)14-30(28,29)12-10-19(27)25-13-17-5-4-11-26(3)20(17)16-6-8-18(9-7-16)21(22,23)24/h6-9,15,17,20H,4-5,10-14H2,1-3H3,(H,25,27). The first-order chi connectivity index (χ1) is 13.9. The van der Waals surface area contributed by atoms with Crippen LogP contribution in [0.1, 0.15) is 50.3 Å². The second kappa shape index (κ2) is 10.1. The first kappa shape index (κ1) is 24.7. The van der Waals surface area contributed by atoms with E-state index in [4.69, 9.17) is 0 Å². The molecule has 1 amide bonds. The van der Waals surface area contributed by atoms with Crippen LogP contribution in [0, 0.1) is 11.8 Å². The lowest BCUT2D eigenvalue weighted by Gasteiger charge is -2.39. The summed E-state index contributed by atoms with van der Waals surface area (Å²) in [7, 11) is -1.33. The fourth-order valence-electron chi connectivity index (χ4n) is 4.04. The van der Waals surface area contributed by atoms with E-state index in [0.717, 1.165) is 37.1 Å². The molecule has 0 radical (unpaired) electrons. The molecule has 1 aromatic carbocycles. The molecule has 1 heterocycles. The third-order valence-electron chi connectivity index (χ3n) is 5.38. The molecule has 0 aliphatic carbocycles. The summed E-state index contributed by atoms with van der Waals surface area (Å²) in [6.07, 6.45) is -2.69. The Kier molecular flexibility index (Phi) is 8.33. The Morgan fingerprint density at radius 1 is 1.23 bits per heavy atom. The van der Waals surface area contributed by atoms with Gasteiger partial charge in [0.25, 0.3) is 0 Å².